The number of nitrogens with one attached hydrogen (secondary N) is 1. The number of para-hydroxylation sites is 2. The SMILES string of the molecule is CCOc1ccccc1N1C(=O)CS[C@@H]1c1ccc(NC(=O)COCc2ccccc2)cc1. The molecule has 1 saturated heterocycles. The van der Waals surface area contributed by atoms with E-state index < -0.39 is 0 Å². The van der Waals surface area contributed by atoms with Gasteiger partial charge in [0.15, 0.2) is 0 Å². The zero-order chi connectivity index (χ0) is 23.0. The van der Waals surface area contributed by atoms with E-state index in [0.717, 1.165) is 16.8 Å². The van der Waals surface area contributed by atoms with E-state index in [2.05, 4.69) is 5.32 Å². The van der Waals surface area contributed by atoms with E-state index in [1.807, 2.05) is 85.8 Å². The van der Waals surface area contributed by atoms with Crippen molar-refractivity contribution in [1.29, 1.82) is 0 Å². The van der Waals surface area contributed by atoms with Crippen molar-refractivity contribution in [2.75, 3.05) is 29.2 Å². The van der Waals surface area contributed by atoms with Crippen molar-refractivity contribution in [2.24, 2.45) is 0 Å². The highest BCUT2D eigenvalue weighted by Gasteiger charge is 2.35. The van der Waals surface area contributed by atoms with Gasteiger partial charge in [0.25, 0.3) is 0 Å². The van der Waals surface area contributed by atoms with Crippen LogP contribution in [0, 0.1) is 0 Å². The molecule has 33 heavy (non-hydrogen) atoms. The van der Waals surface area contributed by atoms with Crippen LogP contribution in [0.4, 0.5) is 11.4 Å². The molecule has 0 unspecified atom stereocenters. The summed E-state index contributed by atoms with van der Waals surface area (Å²) in [7, 11) is 0. The molecular weight excluding hydrogens is 436 g/mol. The average Bonchev–Trinajstić information content (AvgIpc) is 3.22. The molecule has 0 aliphatic carbocycles. The van der Waals surface area contributed by atoms with Crippen molar-refractivity contribution < 1.29 is 19.1 Å². The Kier molecular flexibility index (Phi) is 7.65. The van der Waals surface area contributed by atoms with Crippen molar-refractivity contribution in [3.8, 4) is 5.75 Å². The van der Waals surface area contributed by atoms with Crippen molar-refractivity contribution in [2.45, 2.75) is 18.9 Å². The van der Waals surface area contributed by atoms with Crippen molar-refractivity contribution in [1.82, 2.24) is 0 Å². The molecule has 6 nitrogen and oxygen atoms in total. The van der Waals surface area contributed by atoms with E-state index in [1.165, 1.54) is 0 Å². The summed E-state index contributed by atoms with van der Waals surface area (Å²) in [5.74, 6) is 0.934. The molecule has 1 aliphatic heterocycles. The Morgan fingerprint density at radius 2 is 1.76 bits per heavy atom. The topological polar surface area (TPSA) is 67.9 Å². The summed E-state index contributed by atoms with van der Waals surface area (Å²) in [5, 5.41) is 2.70. The lowest BCUT2D eigenvalue weighted by Gasteiger charge is -2.26. The second-order valence-electron chi connectivity index (χ2n) is 7.48. The maximum absolute atomic E-state index is 12.7. The standard InChI is InChI=1S/C26H26N2O4S/c1-2-32-23-11-7-6-10-22(23)28-25(30)18-33-26(28)20-12-14-21(15-13-20)27-24(29)17-31-16-19-8-4-3-5-9-19/h3-15,26H,2,16-18H2,1H3,(H,27,29)/t26-/m1/s1. The summed E-state index contributed by atoms with van der Waals surface area (Å²) >= 11 is 1.58. The molecule has 1 fully saturated rings. The molecule has 2 amide bonds. The smallest absolute Gasteiger partial charge is 0.250 e. The van der Waals surface area contributed by atoms with Crippen LogP contribution in [-0.4, -0.2) is 30.8 Å². The number of nitrogens with zero attached hydrogens (tertiary/aromatic N) is 1. The number of ether oxygens (including phenoxy) is 2. The maximum atomic E-state index is 12.7. The number of hydrogen-bond donors (Lipinski definition) is 1. The normalized spacial score (nSPS) is 15.5. The minimum absolute atomic E-state index is 0.0222. The second-order valence-corrected chi connectivity index (χ2v) is 8.54. The van der Waals surface area contributed by atoms with E-state index >= 15 is 0 Å². The molecule has 1 aliphatic rings. The summed E-state index contributed by atoms with van der Waals surface area (Å²) in [6.45, 7) is 2.82. The van der Waals surface area contributed by atoms with Gasteiger partial charge in [0, 0.05) is 5.69 Å². The molecule has 4 rings (SSSR count). The van der Waals surface area contributed by atoms with Gasteiger partial charge >= 0.3 is 0 Å². The van der Waals surface area contributed by atoms with Crippen molar-refractivity contribution in [3.05, 3.63) is 90.0 Å². The van der Waals surface area contributed by atoms with Crippen LogP contribution in [0.5, 0.6) is 5.75 Å². The van der Waals surface area contributed by atoms with Crippen LogP contribution in [0.2, 0.25) is 0 Å². The first kappa shape index (κ1) is 22.9. The Bertz CT molecular complexity index is 1090. The maximum Gasteiger partial charge on any atom is 0.250 e. The lowest BCUT2D eigenvalue weighted by atomic mass is 10.1. The van der Waals surface area contributed by atoms with Gasteiger partial charge in [-0.1, -0.05) is 54.6 Å². The van der Waals surface area contributed by atoms with Crippen molar-refractivity contribution >= 4 is 35.0 Å². The zero-order valence-electron chi connectivity index (χ0n) is 18.4. The number of carbonyl (C=O) groups excluding carboxylic acids is 2. The van der Waals surface area contributed by atoms with Crippen LogP contribution in [0.25, 0.3) is 0 Å². The lowest BCUT2D eigenvalue weighted by Crippen LogP contribution is -2.28. The second kappa shape index (κ2) is 11.0. The third kappa shape index (κ3) is 5.74. The predicted molar refractivity (Wildman–Crippen MR) is 131 cm³/mol. The number of carbonyl (C=O) groups is 2. The van der Waals surface area contributed by atoms with Crippen LogP contribution in [0.15, 0.2) is 78.9 Å². The van der Waals surface area contributed by atoms with Gasteiger partial charge in [-0.3, -0.25) is 14.5 Å². The van der Waals surface area contributed by atoms with Crippen LogP contribution in [0.3, 0.4) is 0 Å². The van der Waals surface area contributed by atoms with Crippen LogP contribution >= 0.6 is 11.8 Å². The molecule has 0 saturated carbocycles. The number of benzene rings is 3. The Morgan fingerprint density at radius 1 is 1.03 bits per heavy atom. The lowest BCUT2D eigenvalue weighted by molar-refractivity contribution is -0.121. The van der Waals surface area contributed by atoms with Crippen LogP contribution in [0.1, 0.15) is 23.4 Å². The third-order valence-corrected chi connectivity index (χ3v) is 6.33. The average molecular weight is 463 g/mol. The molecule has 1 atom stereocenters. The number of rotatable bonds is 9. The summed E-state index contributed by atoms with van der Waals surface area (Å²) in [5.41, 5.74) is 3.46. The van der Waals surface area contributed by atoms with E-state index in [-0.39, 0.29) is 23.8 Å². The van der Waals surface area contributed by atoms with Crippen LogP contribution in [-0.2, 0) is 20.9 Å². The number of amides is 2. The highest BCUT2D eigenvalue weighted by Crippen LogP contribution is 2.44. The Hall–Kier alpha value is -3.29. The monoisotopic (exact) mass is 462 g/mol. The van der Waals surface area contributed by atoms with Gasteiger partial charge in [-0.2, -0.15) is 0 Å². The van der Waals surface area contributed by atoms with Gasteiger partial charge in [-0.05, 0) is 42.3 Å². The van der Waals surface area contributed by atoms with E-state index in [1.54, 1.807) is 16.7 Å². The molecule has 0 bridgehead atoms. The quantitative estimate of drug-likeness (QED) is 0.484. The fourth-order valence-corrected chi connectivity index (χ4v) is 4.80. The van der Waals surface area contributed by atoms with E-state index in [9.17, 15) is 9.59 Å². The van der Waals surface area contributed by atoms with Gasteiger partial charge in [0.05, 0.1) is 24.7 Å². The molecule has 1 heterocycles. The van der Waals surface area contributed by atoms with E-state index in [4.69, 9.17) is 9.47 Å². The van der Waals surface area contributed by atoms with Gasteiger partial charge < -0.3 is 14.8 Å². The van der Waals surface area contributed by atoms with Crippen LogP contribution < -0.4 is 15.0 Å². The van der Waals surface area contributed by atoms with Gasteiger partial charge in [0.2, 0.25) is 11.8 Å². The van der Waals surface area contributed by atoms with E-state index in [0.29, 0.717) is 30.4 Å². The predicted octanol–water partition coefficient (Wildman–Crippen LogP) is 5.02. The number of thioether (sulfide) groups is 1. The minimum atomic E-state index is -0.212. The first-order valence-corrected chi connectivity index (χ1v) is 11.9. The van der Waals surface area contributed by atoms with Gasteiger partial charge in [0.1, 0.15) is 17.7 Å². The molecule has 3 aromatic rings. The highest BCUT2D eigenvalue weighted by atomic mass is 32.2. The summed E-state index contributed by atoms with van der Waals surface area (Å²) in [6.07, 6.45) is 0. The Balaban J connectivity index is 1.39. The largest absolute Gasteiger partial charge is 0.492 e. The molecule has 1 N–H and O–H groups in total. The van der Waals surface area contributed by atoms with Gasteiger partial charge in [-0.25, -0.2) is 0 Å². The Morgan fingerprint density at radius 3 is 2.52 bits per heavy atom. The summed E-state index contributed by atoms with van der Waals surface area (Å²) < 4.78 is 11.2. The zero-order valence-corrected chi connectivity index (χ0v) is 19.2. The third-order valence-electron chi connectivity index (χ3n) is 5.12. The molecule has 0 radical (unpaired) electrons. The molecule has 3 aromatic carbocycles. The van der Waals surface area contributed by atoms with Crippen molar-refractivity contribution in [3.63, 3.8) is 0 Å². The first-order valence-electron chi connectivity index (χ1n) is 10.8. The fraction of sp³-hybridized carbons (Fsp3) is 0.231. The molecule has 170 valence electrons. The fourth-order valence-electron chi connectivity index (χ4n) is 3.63. The highest BCUT2D eigenvalue weighted by molar-refractivity contribution is 8.00. The minimum Gasteiger partial charge on any atom is -0.492 e. The molecule has 0 spiro atoms. The Labute approximate surface area is 197 Å². The molecule has 0 aromatic heterocycles. The number of anilines is 2. The van der Waals surface area contributed by atoms with Gasteiger partial charge in [-0.15, -0.1) is 11.8 Å². The molecular formula is C26H26N2O4S. The molecule has 7 heteroatoms. The summed E-state index contributed by atoms with van der Waals surface area (Å²) in [4.78, 5) is 26.7. The number of hydrogen-bond acceptors (Lipinski definition) is 5. The first-order chi connectivity index (χ1) is 16.2. The summed E-state index contributed by atoms with van der Waals surface area (Å²) in [6, 6.07) is 24.9.